The lowest BCUT2D eigenvalue weighted by molar-refractivity contribution is -0.120. The van der Waals surface area contributed by atoms with Crippen LogP contribution in [-0.4, -0.2) is 30.6 Å². The van der Waals surface area contributed by atoms with E-state index in [2.05, 4.69) is 10.5 Å². The zero-order chi connectivity index (χ0) is 13.4. The fraction of sp³-hybridized carbons (Fsp3) is 0.333. The van der Waals surface area contributed by atoms with Gasteiger partial charge in [-0.15, -0.1) is 0 Å². The molecule has 0 fully saturated rings. The second-order valence-electron chi connectivity index (χ2n) is 3.72. The molecule has 1 aromatic carbocycles. The lowest BCUT2D eigenvalue weighted by atomic mass is 10.1. The minimum atomic E-state index is -0.141. The van der Waals surface area contributed by atoms with Gasteiger partial charge in [0.25, 0.3) is 0 Å². The number of aryl methyl sites for hydroxylation is 1. The second kappa shape index (κ2) is 7.16. The summed E-state index contributed by atoms with van der Waals surface area (Å²) in [5, 5.41) is 13.6. The SMILES string of the molecule is COc1ccc(CCC(=O)NC/C(N)=N/O)cc1. The molecule has 0 unspecified atom stereocenters. The number of carbonyl (C=O) groups is 1. The summed E-state index contributed by atoms with van der Waals surface area (Å²) >= 11 is 0. The number of carbonyl (C=O) groups excluding carboxylic acids is 1. The molecular weight excluding hydrogens is 234 g/mol. The minimum Gasteiger partial charge on any atom is -0.497 e. The predicted octanol–water partition coefficient (Wildman–Crippen LogP) is 0.490. The summed E-state index contributed by atoms with van der Waals surface area (Å²) in [6.07, 6.45) is 0.983. The van der Waals surface area contributed by atoms with Gasteiger partial charge in [0, 0.05) is 6.42 Å². The fourth-order valence-corrected chi connectivity index (χ4v) is 1.36. The molecule has 0 saturated carbocycles. The number of nitrogens with two attached hydrogens (primary N) is 1. The van der Waals surface area contributed by atoms with Gasteiger partial charge in [0.05, 0.1) is 13.7 Å². The number of rotatable bonds is 6. The van der Waals surface area contributed by atoms with Crippen LogP contribution in [0, 0.1) is 0 Å². The van der Waals surface area contributed by atoms with Crippen LogP contribution in [0.3, 0.4) is 0 Å². The third-order valence-corrected chi connectivity index (χ3v) is 2.39. The van der Waals surface area contributed by atoms with E-state index in [1.807, 2.05) is 24.3 Å². The average molecular weight is 251 g/mol. The van der Waals surface area contributed by atoms with Gasteiger partial charge in [-0.1, -0.05) is 17.3 Å². The second-order valence-corrected chi connectivity index (χ2v) is 3.72. The van der Waals surface area contributed by atoms with Crippen molar-refractivity contribution in [2.24, 2.45) is 10.9 Å². The Morgan fingerprint density at radius 2 is 2.11 bits per heavy atom. The topological polar surface area (TPSA) is 96.9 Å². The molecule has 1 aromatic rings. The number of oxime groups is 1. The summed E-state index contributed by atoms with van der Waals surface area (Å²) in [5.74, 6) is 0.625. The van der Waals surface area contributed by atoms with Crippen LogP contribution in [0.15, 0.2) is 29.4 Å². The quantitative estimate of drug-likeness (QED) is 0.297. The van der Waals surface area contributed by atoms with E-state index in [1.165, 1.54) is 0 Å². The van der Waals surface area contributed by atoms with Gasteiger partial charge in [0.2, 0.25) is 5.91 Å². The van der Waals surface area contributed by atoms with E-state index >= 15 is 0 Å². The summed E-state index contributed by atoms with van der Waals surface area (Å²) in [4.78, 5) is 11.4. The Balaban J connectivity index is 2.33. The molecule has 0 aliphatic carbocycles. The summed E-state index contributed by atoms with van der Waals surface area (Å²) in [6.45, 7) is 0.0535. The van der Waals surface area contributed by atoms with Gasteiger partial charge in [-0.05, 0) is 24.1 Å². The van der Waals surface area contributed by atoms with Crippen LogP contribution >= 0.6 is 0 Å². The van der Waals surface area contributed by atoms with Crippen LogP contribution < -0.4 is 15.8 Å². The van der Waals surface area contributed by atoms with Gasteiger partial charge in [-0.25, -0.2) is 0 Å². The van der Waals surface area contributed by atoms with E-state index in [0.29, 0.717) is 12.8 Å². The molecule has 0 spiro atoms. The van der Waals surface area contributed by atoms with E-state index in [1.54, 1.807) is 7.11 Å². The maximum absolute atomic E-state index is 11.4. The van der Waals surface area contributed by atoms with Crippen LogP contribution in [0.2, 0.25) is 0 Å². The van der Waals surface area contributed by atoms with Crippen LogP contribution in [0.4, 0.5) is 0 Å². The van der Waals surface area contributed by atoms with Crippen molar-refractivity contribution in [3.63, 3.8) is 0 Å². The smallest absolute Gasteiger partial charge is 0.220 e. The van der Waals surface area contributed by atoms with Gasteiger partial charge in [0.15, 0.2) is 5.84 Å². The van der Waals surface area contributed by atoms with E-state index < -0.39 is 0 Å². The van der Waals surface area contributed by atoms with Crippen molar-refractivity contribution >= 4 is 11.7 Å². The third kappa shape index (κ3) is 4.73. The number of hydrogen-bond donors (Lipinski definition) is 3. The molecule has 6 nitrogen and oxygen atoms in total. The zero-order valence-corrected chi connectivity index (χ0v) is 10.2. The average Bonchev–Trinajstić information content (AvgIpc) is 2.42. The number of ether oxygens (including phenoxy) is 1. The van der Waals surface area contributed by atoms with E-state index in [9.17, 15) is 4.79 Å². The Bertz CT molecular complexity index is 415. The molecular formula is C12H17N3O3. The van der Waals surface area contributed by atoms with E-state index in [4.69, 9.17) is 15.7 Å². The van der Waals surface area contributed by atoms with E-state index in [0.717, 1.165) is 11.3 Å². The summed E-state index contributed by atoms with van der Waals surface area (Å²) < 4.78 is 5.04. The van der Waals surface area contributed by atoms with Crippen LogP contribution in [0.25, 0.3) is 0 Å². The Morgan fingerprint density at radius 1 is 1.44 bits per heavy atom. The highest BCUT2D eigenvalue weighted by Gasteiger charge is 2.03. The molecule has 1 amide bonds. The van der Waals surface area contributed by atoms with Crippen molar-refractivity contribution in [1.29, 1.82) is 0 Å². The van der Waals surface area contributed by atoms with Crippen LogP contribution in [0.1, 0.15) is 12.0 Å². The van der Waals surface area contributed by atoms with Gasteiger partial charge < -0.3 is 21.0 Å². The predicted molar refractivity (Wildman–Crippen MR) is 67.7 cm³/mol. The van der Waals surface area contributed by atoms with Crippen molar-refractivity contribution in [2.45, 2.75) is 12.8 Å². The van der Waals surface area contributed by atoms with Crippen LogP contribution in [-0.2, 0) is 11.2 Å². The van der Waals surface area contributed by atoms with Crippen LogP contribution in [0.5, 0.6) is 5.75 Å². The highest BCUT2D eigenvalue weighted by atomic mass is 16.5. The first-order valence-corrected chi connectivity index (χ1v) is 5.51. The first-order valence-electron chi connectivity index (χ1n) is 5.51. The van der Waals surface area contributed by atoms with Crippen molar-refractivity contribution in [3.05, 3.63) is 29.8 Å². The molecule has 98 valence electrons. The number of methoxy groups -OCH3 is 1. The maximum atomic E-state index is 11.4. The third-order valence-electron chi connectivity index (χ3n) is 2.39. The molecule has 0 bridgehead atoms. The Labute approximate surface area is 105 Å². The highest BCUT2D eigenvalue weighted by molar-refractivity contribution is 5.86. The first kappa shape index (κ1) is 13.8. The largest absolute Gasteiger partial charge is 0.497 e. The number of amidine groups is 1. The fourth-order valence-electron chi connectivity index (χ4n) is 1.36. The summed E-state index contributed by atoms with van der Waals surface area (Å²) in [5.41, 5.74) is 6.28. The number of nitrogens with one attached hydrogen (secondary N) is 1. The normalized spacial score (nSPS) is 11.1. The minimum absolute atomic E-state index is 0.0206. The van der Waals surface area contributed by atoms with Gasteiger partial charge >= 0.3 is 0 Å². The molecule has 0 aliphatic rings. The molecule has 1 rings (SSSR count). The summed E-state index contributed by atoms with van der Waals surface area (Å²) in [7, 11) is 1.61. The number of hydrogen-bond acceptors (Lipinski definition) is 4. The highest BCUT2D eigenvalue weighted by Crippen LogP contribution is 2.12. The number of benzene rings is 1. The Kier molecular flexibility index (Phi) is 5.50. The van der Waals surface area contributed by atoms with Crippen molar-refractivity contribution < 1.29 is 14.7 Å². The molecule has 0 atom stereocenters. The first-order chi connectivity index (χ1) is 8.65. The molecule has 0 aliphatic heterocycles. The molecule has 4 N–H and O–H groups in total. The van der Waals surface area contributed by atoms with Gasteiger partial charge in [-0.2, -0.15) is 0 Å². The van der Waals surface area contributed by atoms with Crippen molar-refractivity contribution in [3.8, 4) is 5.75 Å². The molecule has 0 aromatic heterocycles. The van der Waals surface area contributed by atoms with Gasteiger partial charge in [-0.3, -0.25) is 4.79 Å². The molecule has 6 heteroatoms. The van der Waals surface area contributed by atoms with E-state index in [-0.39, 0.29) is 18.3 Å². The molecule has 18 heavy (non-hydrogen) atoms. The Morgan fingerprint density at radius 3 is 2.67 bits per heavy atom. The standard InChI is InChI=1S/C12H17N3O3/c1-18-10-5-2-9(3-6-10)4-7-12(16)14-8-11(13)15-17/h2-3,5-6,17H,4,7-8H2,1H3,(H2,13,15)(H,14,16). The van der Waals surface area contributed by atoms with Gasteiger partial charge in [0.1, 0.15) is 5.75 Å². The number of amides is 1. The molecule has 0 heterocycles. The number of nitrogens with zero attached hydrogens (tertiary/aromatic N) is 1. The molecule has 0 radical (unpaired) electrons. The molecule has 0 saturated heterocycles. The van der Waals surface area contributed by atoms with Crippen molar-refractivity contribution in [2.75, 3.05) is 13.7 Å². The zero-order valence-electron chi connectivity index (χ0n) is 10.2. The maximum Gasteiger partial charge on any atom is 0.220 e. The Hall–Kier alpha value is -2.24. The monoisotopic (exact) mass is 251 g/mol. The van der Waals surface area contributed by atoms with Crippen molar-refractivity contribution in [1.82, 2.24) is 5.32 Å². The lowest BCUT2D eigenvalue weighted by Gasteiger charge is -2.05. The summed E-state index contributed by atoms with van der Waals surface area (Å²) in [6, 6.07) is 7.53. The lowest BCUT2D eigenvalue weighted by Crippen LogP contribution is -2.33.